The maximum atomic E-state index is 12.8. The van der Waals surface area contributed by atoms with Gasteiger partial charge in [-0.05, 0) is 41.5 Å². The Balaban J connectivity index is 1.36. The van der Waals surface area contributed by atoms with Gasteiger partial charge in [-0.3, -0.25) is 10.2 Å². The Labute approximate surface area is 189 Å². The van der Waals surface area contributed by atoms with Crippen LogP contribution in [0.5, 0.6) is 0 Å². The second kappa shape index (κ2) is 8.98. The molecule has 1 aromatic heterocycles. The number of aromatic nitrogens is 1. The average Bonchev–Trinajstić information content (AvgIpc) is 3.16. The molecule has 0 aliphatic carbocycles. The predicted octanol–water partition coefficient (Wildman–Crippen LogP) is 3.86. The summed E-state index contributed by atoms with van der Waals surface area (Å²) in [7, 11) is -3.56. The summed E-state index contributed by atoms with van der Waals surface area (Å²) in [4.78, 5) is 15.0. The van der Waals surface area contributed by atoms with Gasteiger partial charge in [0.1, 0.15) is 0 Å². The Hall–Kier alpha value is -2.42. The molecule has 2 aromatic carbocycles. The summed E-state index contributed by atoms with van der Waals surface area (Å²) in [6, 6.07) is 10.2. The maximum Gasteiger partial charge on any atom is 0.223 e. The minimum Gasteiger partial charge on any atom is -0.339 e. The van der Waals surface area contributed by atoms with E-state index in [1.807, 2.05) is 22.2 Å². The standard InChI is InChI=1S/C22H22ClN3O3S2/c23-19-3-1-18-14-20(4-2-17(18)13-19)31(28,29)12-7-21(27)25-8-5-16(6-9-25)15-26-10-11-30-22(26)24/h1-5,10-11,13-14,24H,6-9,12,15H2. The van der Waals surface area contributed by atoms with Crippen molar-refractivity contribution in [3.63, 3.8) is 0 Å². The first-order chi connectivity index (χ1) is 14.8. The molecule has 0 saturated heterocycles. The van der Waals surface area contributed by atoms with Crippen molar-refractivity contribution in [1.29, 1.82) is 5.41 Å². The largest absolute Gasteiger partial charge is 0.339 e. The number of rotatable bonds is 6. The molecule has 4 rings (SSSR count). The van der Waals surface area contributed by atoms with Crippen molar-refractivity contribution in [1.82, 2.24) is 9.47 Å². The lowest BCUT2D eigenvalue weighted by atomic mass is 10.1. The van der Waals surface area contributed by atoms with Gasteiger partial charge in [0.05, 0.1) is 10.6 Å². The highest BCUT2D eigenvalue weighted by atomic mass is 35.5. The zero-order valence-electron chi connectivity index (χ0n) is 16.8. The van der Waals surface area contributed by atoms with Crippen LogP contribution in [-0.2, 0) is 21.2 Å². The summed E-state index contributed by atoms with van der Waals surface area (Å²) in [6.07, 6.45) is 4.58. The van der Waals surface area contributed by atoms with Gasteiger partial charge in [0.2, 0.25) is 5.91 Å². The number of sulfone groups is 1. The number of amides is 1. The lowest BCUT2D eigenvalue weighted by Crippen LogP contribution is -2.36. The third-order valence-electron chi connectivity index (χ3n) is 5.43. The number of fused-ring (bicyclic) bond motifs is 1. The molecule has 0 radical (unpaired) electrons. The van der Waals surface area contributed by atoms with Gasteiger partial charge >= 0.3 is 0 Å². The second-order valence-electron chi connectivity index (χ2n) is 7.51. The van der Waals surface area contributed by atoms with E-state index in [9.17, 15) is 13.2 Å². The Morgan fingerprint density at radius 3 is 2.65 bits per heavy atom. The molecule has 1 N–H and O–H groups in total. The highest BCUT2D eigenvalue weighted by Gasteiger charge is 2.22. The average molecular weight is 476 g/mol. The molecule has 0 spiro atoms. The molecule has 9 heteroatoms. The maximum absolute atomic E-state index is 12.8. The van der Waals surface area contributed by atoms with Crippen LogP contribution >= 0.6 is 22.9 Å². The van der Waals surface area contributed by atoms with E-state index in [1.165, 1.54) is 16.9 Å². The second-order valence-corrected chi connectivity index (χ2v) is 11.0. The Bertz CT molecular complexity index is 1330. The van der Waals surface area contributed by atoms with Crippen LogP contribution in [0.15, 0.2) is 64.5 Å². The predicted molar refractivity (Wildman–Crippen MR) is 123 cm³/mol. The van der Waals surface area contributed by atoms with Gasteiger partial charge in [-0.15, -0.1) is 11.3 Å². The lowest BCUT2D eigenvalue weighted by molar-refractivity contribution is -0.130. The number of hydrogen-bond donors (Lipinski definition) is 1. The third kappa shape index (κ3) is 5.08. The normalized spacial score (nSPS) is 14.6. The van der Waals surface area contributed by atoms with Crippen molar-refractivity contribution in [3.05, 3.63) is 69.4 Å². The fraction of sp³-hybridized carbons (Fsp3) is 0.273. The first-order valence-electron chi connectivity index (χ1n) is 9.88. The SMILES string of the molecule is N=c1sccn1CC1=CCN(C(=O)CCS(=O)(=O)c2ccc3cc(Cl)ccc3c2)CC1. The minimum absolute atomic E-state index is 0.0414. The zero-order chi connectivity index (χ0) is 22.0. The molecule has 6 nitrogen and oxygen atoms in total. The summed E-state index contributed by atoms with van der Waals surface area (Å²) < 4.78 is 27.4. The molecular formula is C22H22ClN3O3S2. The number of thiazole rings is 1. The molecule has 1 aliphatic heterocycles. The number of nitrogens with zero attached hydrogens (tertiary/aromatic N) is 2. The number of carbonyl (C=O) groups is 1. The first kappa shape index (κ1) is 21.8. The van der Waals surface area contributed by atoms with E-state index in [0.717, 1.165) is 17.2 Å². The van der Waals surface area contributed by atoms with E-state index in [1.54, 1.807) is 41.3 Å². The van der Waals surface area contributed by atoms with Crippen molar-refractivity contribution in [2.24, 2.45) is 0 Å². The van der Waals surface area contributed by atoms with Crippen LogP contribution in [0.3, 0.4) is 0 Å². The van der Waals surface area contributed by atoms with Gasteiger partial charge in [-0.1, -0.05) is 35.4 Å². The van der Waals surface area contributed by atoms with Gasteiger partial charge in [-0.2, -0.15) is 0 Å². The molecule has 31 heavy (non-hydrogen) atoms. The van der Waals surface area contributed by atoms with E-state index >= 15 is 0 Å². The molecule has 0 atom stereocenters. The number of benzene rings is 2. The molecule has 1 amide bonds. The van der Waals surface area contributed by atoms with Crippen molar-refractivity contribution in [2.75, 3.05) is 18.8 Å². The summed E-state index contributed by atoms with van der Waals surface area (Å²) >= 11 is 7.37. The van der Waals surface area contributed by atoms with Crippen molar-refractivity contribution in [3.8, 4) is 0 Å². The van der Waals surface area contributed by atoms with Crippen LogP contribution < -0.4 is 4.80 Å². The molecule has 162 valence electrons. The summed E-state index contributed by atoms with van der Waals surface area (Å²) in [5.41, 5.74) is 1.19. The first-order valence-corrected chi connectivity index (χ1v) is 12.8. The molecule has 0 fully saturated rings. The van der Waals surface area contributed by atoms with E-state index in [4.69, 9.17) is 17.0 Å². The van der Waals surface area contributed by atoms with Gasteiger partial charge < -0.3 is 9.47 Å². The zero-order valence-corrected chi connectivity index (χ0v) is 19.1. The fourth-order valence-electron chi connectivity index (χ4n) is 3.61. The topological polar surface area (TPSA) is 83.2 Å². The quantitative estimate of drug-likeness (QED) is 0.549. The van der Waals surface area contributed by atoms with Crippen molar-refractivity contribution in [2.45, 2.75) is 24.3 Å². The number of carbonyl (C=O) groups excluding carboxylic acids is 1. The Kier molecular flexibility index (Phi) is 6.31. The molecule has 0 saturated carbocycles. The highest BCUT2D eigenvalue weighted by Crippen LogP contribution is 2.24. The van der Waals surface area contributed by atoms with Gasteiger partial charge in [0, 0.05) is 42.7 Å². The van der Waals surface area contributed by atoms with Gasteiger partial charge in [0.15, 0.2) is 14.6 Å². The van der Waals surface area contributed by atoms with Gasteiger partial charge in [0.25, 0.3) is 0 Å². The van der Waals surface area contributed by atoms with Crippen LogP contribution in [0.25, 0.3) is 10.8 Å². The van der Waals surface area contributed by atoms with Crippen molar-refractivity contribution < 1.29 is 13.2 Å². The molecular weight excluding hydrogens is 454 g/mol. The summed E-state index contributed by atoms with van der Waals surface area (Å²) in [5.74, 6) is -0.374. The highest BCUT2D eigenvalue weighted by molar-refractivity contribution is 7.91. The Morgan fingerprint density at radius 2 is 1.94 bits per heavy atom. The van der Waals surface area contributed by atoms with E-state index in [0.29, 0.717) is 29.5 Å². The number of halogens is 1. The molecule has 0 unspecified atom stereocenters. The Morgan fingerprint density at radius 1 is 1.16 bits per heavy atom. The van der Waals surface area contributed by atoms with E-state index in [2.05, 4.69) is 0 Å². The number of nitrogens with one attached hydrogen (secondary N) is 1. The molecule has 2 heterocycles. The number of hydrogen-bond acceptors (Lipinski definition) is 5. The molecule has 0 bridgehead atoms. The summed E-state index contributed by atoms with van der Waals surface area (Å²) in [6.45, 7) is 1.70. The lowest BCUT2D eigenvalue weighted by Gasteiger charge is -2.26. The van der Waals surface area contributed by atoms with Crippen LogP contribution in [0.2, 0.25) is 5.02 Å². The van der Waals surface area contributed by atoms with Gasteiger partial charge in [-0.25, -0.2) is 8.42 Å². The van der Waals surface area contributed by atoms with Crippen molar-refractivity contribution >= 4 is 49.5 Å². The summed E-state index contributed by atoms with van der Waals surface area (Å²) in [5, 5.41) is 12.0. The third-order valence-corrected chi connectivity index (χ3v) is 8.09. The van der Waals surface area contributed by atoms with Crippen LogP contribution in [0, 0.1) is 5.41 Å². The molecule has 1 aliphatic rings. The van der Waals surface area contributed by atoms with Crippen LogP contribution in [0.1, 0.15) is 12.8 Å². The molecule has 3 aromatic rings. The monoisotopic (exact) mass is 475 g/mol. The fourth-order valence-corrected chi connectivity index (χ4v) is 5.65. The van der Waals surface area contributed by atoms with Crippen LogP contribution in [-0.4, -0.2) is 42.6 Å². The smallest absolute Gasteiger partial charge is 0.223 e. The van der Waals surface area contributed by atoms with Crippen LogP contribution in [0.4, 0.5) is 0 Å². The minimum atomic E-state index is -3.56. The van der Waals surface area contributed by atoms with E-state index in [-0.39, 0.29) is 23.0 Å². The van der Waals surface area contributed by atoms with E-state index < -0.39 is 9.84 Å².